The van der Waals surface area contributed by atoms with Crippen molar-refractivity contribution >= 4 is 22.9 Å². The van der Waals surface area contributed by atoms with Gasteiger partial charge in [-0.05, 0) is 84.5 Å². The number of benzene rings is 4. The molecule has 6 N–H and O–H groups in total. The number of nitrogens with one attached hydrogen (secondary N) is 3. The summed E-state index contributed by atoms with van der Waals surface area (Å²) in [5.74, 6) is 0.547. The molecular weight excluding hydrogens is 660 g/mol. The number of fused-ring (bicyclic) bond motifs is 1. The minimum Gasteiger partial charge on any atom is -0.506 e. The predicted molar refractivity (Wildman–Crippen MR) is 199 cm³/mol. The normalized spacial score (nSPS) is 14.2. The average Bonchev–Trinajstić information content (AvgIpc) is 3.70. The van der Waals surface area contributed by atoms with Gasteiger partial charge in [0.15, 0.2) is 0 Å². The first kappa shape index (κ1) is 36.2. The lowest BCUT2D eigenvalue weighted by molar-refractivity contribution is 0.0678. The molecule has 0 saturated heterocycles. The number of H-pyrrole nitrogens is 1. The zero-order chi connectivity index (χ0) is 36.5. The van der Waals surface area contributed by atoms with Crippen LogP contribution in [0.1, 0.15) is 76.9 Å². The van der Waals surface area contributed by atoms with Crippen molar-refractivity contribution in [2.24, 2.45) is 0 Å². The number of aromatic hydroxyl groups is 1. The van der Waals surface area contributed by atoms with E-state index < -0.39 is 18.2 Å². The van der Waals surface area contributed by atoms with E-state index >= 15 is 0 Å². The number of aliphatic hydroxyl groups is 1. The molecule has 1 fully saturated rings. The molecule has 1 aromatic heterocycles. The molecule has 2 atom stereocenters. The number of carbonyl (C=O) groups is 2. The van der Waals surface area contributed by atoms with Crippen molar-refractivity contribution in [1.29, 1.82) is 0 Å². The molecule has 11 nitrogen and oxygen atoms in total. The molecule has 1 heterocycles. The summed E-state index contributed by atoms with van der Waals surface area (Å²) >= 11 is 0. The SMILES string of the molecule is O=C(O)N[C@@H](c1ccccc1)c1cccc(OCc2ccc(C(=O)N(CCCNCC(O)c3ccc(O)c4[nH]c(=O)ccc34)C3CCCC3)cc2)c1. The molecule has 0 bridgehead atoms. The number of pyridine rings is 1. The van der Waals surface area contributed by atoms with Crippen molar-refractivity contribution < 1.29 is 29.6 Å². The number of carboxylic acid groups (broad SMARTS) is 1. The monoisotopic (exact) mass is 704 g/mol. The van der Waals surface area contributed by atoms with Crippen LogP contribution in [0.3, 0.4) is 0 Å². The first-order valence-corrected chi connectivity index (χ1v) is 17.7. The van der Waals surface area contributed by atoms with Crippen LogP contribution in [0.5, 0.6) is 11.5 Å². The Morgan fingerprint density at radius 2 is 1.65 bits per heavy atom. The largest absolute Gasteiger partial charge is 0.506 e. The van der Waals surface area contributed by atoms with E-state index in [-0.39, 0.29) is 36.4 Å². The minimum atomic E-state index is -1.12. The Labute approximate surface area is 301 Å². The number of ether oxygens (including phenoxy) is 1. The molecule has 1 aliphatic carbocycles. The summed E-state index contributed by atoms with van der Waals surface area (Å²) < 4.78 is 6.08. The third kappa shape index (κ3) is 8.98. The fourth-order valence-corrected chi connectivity index (χ4v) is 6.93. The van der Waals surface area contributed by atoms with Crippen LogP contribution in [-0.4, -0.2) is 62.9 Å². The second kappa shape index (κ2) is 17.0. The molecule has 5 aromatic rings. The van der Waals surface area contributed by atoms with Crippen LogP contribution in [-0.2, 0) is 6.61 Å². The first-order chi connectivity index (χ1) is 25.3. The Morgan fingerprint density at radius 3 is 2.40 bits per heavy atom. The molecular formula is C41H44N4O7. The smallest absolute Gasteiger partial charge is 0.405 e. The van der Waals surface area contributed by atoms with Crippen LogP contribution >= 0.6 is 0 Å². The molecule has 270 valence electrons. The maximum absolute atomic E-state index is 13.8. The van der Waals surface area contributed by atoms with Gasteiger partial charge in [0.1, 0.15) is 18.1 Å². The highest BCUT2D eigenvalue weighted by Crippen LogP contribution is 2.29. The number of rotatable bonds is 15. The van der Waals surface area contributed by atoms with E-state index in [0.717, 1.165) is 42.4 Å². The summed E-state index contributed by atoms with van der Waals surface area (Å²) in [5, 5.41) is 37.0. The summed E-state index contributed by atoms with van der Waals surface area (Å²) in [6.45, 7) is 1.73. The number of aliphatic hydroxyl groups excluding tert-OH is 1. The van der Waals surface area contributed by atoms with Gasteiger partial charge in [0.25, 0.3) is 5.91 Å². The second-order valence-electron chi connectivity index (χ2n) is 13.1. The fourth-order valence-electron chi connectivity index (χ4n) is 6.93. The number of nitrogens with zero attached hydrogens (tertiary/aromatic N) is 1. The number of aromatic amines is 1. The maximum atomic E-state index is 13.8. The van der Waals surface area contributed by atoms with Gasteiger partial charge in [-0.25, -0.2) is 4.79 Å². The van der Waals surface area contributed by atoms with Crippen molar-refractivity contribution in [3.05, 3.63) is 141 Å². The Bertz CT molecular complexity index is 2030. The van der Waals surface area contributed by atoms with Crippen LogP contribution in [0.15, 0.2) is 108 Å². The Morgan fingerprint density at radius 1 is 0.904 bits per heavy atom. The van der Waals surface area contributed by atoms with Crippen LogP contribution < -0.4 is 20.9 Å². The summed E-state index contributed by atoms with van der Waals surface area (Å²) in [4.78, 5) is 41.7. The highest BCUT2D eigenvalue weighted by Gasteiger charge is 2.27. The molecule has 1 aliphatic rings. The average molecular weight is 705 g/mol. The quantitative estimate of drug-likeness (QED) is 0.0695. The standard InChI is InChI=1S/C41H44N4O7/c46-35-20-18-33(34-19-21-37(48)43-39(34)35)36(47)25-42-22-7-23-45(31-11-4-5-12-31)40(49)29-16-14-27(15-17-29)26-52-32-13-6-10-30(24-32)38(44-41(50)51)28-8-2-1-3-9-28/h1-3,6,8-10,13-21,24,31,36,38,42,44,46-47H,4-5,7,11-12,22-23,25-26H2,(H,43,48)(H,50,51)/t36?,38-/m0/s1. The van der Waals surface area contributed by atoms with Crippen LogP contribution in [0.25, 0.3) is 10.9 Å². The lowest BCUT2D eigenvalue weighted by Crippen LogP contribution is -2.40. The van der Waals surface area contributed by atoms with E-state index in [1.54, 1.807) is 12.1 Å². The Hall–Kier alpha value is -5.65. The molecule has 4 aromatic carbocycles. The van der Waals surface area contributed by atoms with Gasteiger partial charge in [-0.3, -0.25) is 9.59 Å². The van der Waals surface area contributed by atoms with Crippen molar-refractivity contribution in [3.63, 3.8) is 0 Å². The van der Waals surface area contributed by atoms with E-state index in [2.05, 4.69) is 15.6 Å². The fraction of sp³-hybridized carbons (Fsp3) is 0.293. The third-order valence-corrected chi connectivity index (χ3v) is 9.58. The van der Waals surface area contributed by atoms with E-state index in [1.165, 1.54) is 12.1 Å². The molecule has 1 saturated carbocycles. The highest BCUT2D eigenvalue weighted by atomic mass is 16.5. The maximum Gasteiger partial charge on any atom is 0.405 e. The van der Waals surface area contributed by atoms with Crippen molar-refractivity contribution in [3.8, 4) is 11.5 Å². The Balaban J connectivity index is 1.03. The van der Waals surface area contributed by atoms with Gasteiger partial charge in [0.2, 0.25) is 5.56 Å². The minimum absolute atomic E-state index is 0.00505. The molecule has 1 unspecified atom stereocenters. The Kier molecular flexibility index (Phi) is 11.8. The number of phenols is 1. The van der Waals surface area contributed by atoms with Gasteiger partial charge < -0.3 is 40.6 Å². The van der Waals surface area contributed by atoms with Crippen LogP contribution in [0, 0.1) is 0 Å². The summed E-state index contributed by atoms with van der Waals surface area (Å²) in [6.07, 6.45) is 2.89. The molecule has 52 heavy (non-hydrogen) atoms. The van der Waals surface area contributed by atoms with Crippen LogP contribution in [0.4, 0.5) is 4.79 Å². The number of phenolic OH excluding ortho intramolecular Hbond substituents is 1. The molecule has 0 radical (unpaired) electrons. The van der Waals surface area contributed by atoms with Gasteiger partial charge in [-0.2, -0.15) is 0 Å². The molecule has 0 aliphatic heterocycles. The lowest BCUT2D eigenvalue weighted by Gasteiger charge is -2.29. The zero-order valence-corrected chi connectivity index (χ0v) is 28.8. The zero-order valence-electron chi connectivity index (χ0n) is 28.8. The van der Waals surface area contributed by atoms with Crippen molar-refractivity contribution in [2.75, 3.05) is 19.6 Å². The predicted octanol–water partition coefficient (Wildman–Crippen LogP) is 6.27. The number of hydrogen-bond acceptors (Lipinski definition) is 7. The van der Waals surface area contributed by atoms with E-state index in [0.29, 0.717) is 47.3 Å². The molecule has 2 amide bonds. The van der Waals surface area contributed by atoms with Gasteiger partial charge in [-0.15, -0.1) is 0 Å². The van der Waals surface area contributed by atoms with Gasteiger partial charge in [-0.1, -0.05) is 73.5 Å². The van der Waals surface area contributed by atoms with Gasteiger partial charge in [0.05, 0.1) is 17.7 Å². The van der Waals surface area contributed by atoms with E-state index in [1.807, 2.05) is 83.8 Å². The van der Waals surface area contributed by atoms with Gasteiger partial charge in [0, 0.05) is 36.1 Å². The van der Waals surface area contributed by atoms with E-state index in [9.17, 15) is 29.7 Å². The molecule has 6 rings (SSSR count). The number of amides is 2. The third-order valence-electron chi connectivity index (χ3n) is 9.58. The number of hydrogen-bond donors (Lipinski definition) is 6. The van der Waals surface area contributed by atoms with Gasteiger partial charge >= 0.3 is 6.09 Å². The molecule has 11 heteroatoms. The number of carbonyl (C=O) groups excluding carboxylic acids is 1. The van der Waals surface area contributed by atoms with Crippen molar-refractivity contribution in [2.45, 2.75) is 56.9 Å². The molecule has 0 spiro atoms. The lowest BCUT2D eigenvalue weighted by atomic mass is 9.98. The first-order valence-electron chi connectivity index (χ1n) is 17.7. The van der Waals surface area contributed by atoms with E-state index in [4.69, 9.17) is 4.74 Å². The summed E-state index contributed by atoms with van der Waals surface area (Å²) in [6, 6.07) is 29.9. The number of aromatic nitrogens is 1. The van der Waals surface area contributed by atoms with Crippen molar-refractivity contribution in [1.82, 2.24) is 20.5 Å². The summed E-state index contributed by atoms with van der Waals surface area (Å²) in [7, 11) is 0. The van der Waals surface area contributed by atoms with Crippen LogP contribution in [0.2, 0.25) is 0 Å². The second-order valence-corrected chi connectivity index (χ2v) is 13.1. The topological polar surface area (TPSA) is 164 Å². The summed E-state index contributed by atoms with van der Waals surface area (Å²) in [5.41, 5.74) is 3.66. The highest BCUT2D eigenvalue weighted by molar-refractivity contribution is 5.94.